The smallest absolute Gasteiger partial charge is 0.294 e. The van der Waals surface area contributed by atoms with Crippen LogP contribution in [-0.2, 0) is 4.74 Å². The lowest BCUT2D eigenvalue weighted by molar-refractivity contribution is -0.483. The third kappa shape index (κ3) is 2.34. The minimum atomic E-state index is -0.605. The van der Waals surface area contributed by atoms with Crippen molar-refractivity contribution in [1.29, 1.82) is 0 Å². The lowest BCUT2D eigenvalue weighted by Gasteiger charge is -2.25. The summed E-state index contributed by atoms with van der Waals surface area (Å²) in [6.07, 6.45) is 1.81. The van der Waals surface area contributed by atoms with Crippen molar-refractivity contribution in [1.82, 2.24) is 5.32 Å². The third-order valence-corrected chi connectivity index (χ3v) is 5.55. The molecule has 3 atom stereocenters. The van der Waals surface area contributed by atoms with Crippen LogP contribution < -0.4 is 5.32 Å². The summed E-state index contributed by atoms with van der Waals surface area (Å²) in [5, 5.41) is 3.61. The number of nitrogens with one attached hydrogen (secondary N) is 1. The van der Waals surface area contributed by atoms with Gasteiger partial charge < -0.3 is 4.74 Å². The van der Waals surface area contributed by atoms with Crippen LogP contribution in [0.3, 0.4) is 0 Å². The molecule has 0 aliphatic heterocycles. The number of hydrogen-bond donors (Lipinski definition) is 1. The topological polar surface area (TPSA) is 36.6 Å². The van der Waals surface area contributed by atoms with E-state index in [4.69, 9.17) is 4.74 Å². The number of rotatable bonds is 7. The van der Waals surface area contributed by atoms with Gasteiger partial charge in [-0.2, -0.15) is 0 Å². The van der Waals surface area contributed by atoms with Crippen LogP contribution in [0, 0.1) is 11.3 Å². The molecule has 0 spiro atoms. The molecule has 0 aromatic rings. The van der Waals surface area contributed by atoms with Crippen molar-refractivity contribution in [2.24, 2.45) is 16.3 Å². The normalized spacial score (nSPS) is 33.9. The Hall–Kier alpha value is -1.26. The number of ether oxygens (including phenoxy) is 1. The van der Waals surface area contributed by atoms with Crippen molar-refractivity contribution in [3.8, 4) is 0 Å². The minimum Gasteiger partial charge on any atom is -0.358 e. The predicted molar refractivity (Wildman–Crippen MR) is 99.4 cm³/mol. The summed E-state index contributed by atoms with van der Waals surface area (Å²) < 4.78 is 8.06. The summed E-state index contributed by atoms with van der Waals surface area (Å²) in [6.45, 7) is 25.3. The Morgan fingerprint density at radius 3 is 2.09 bits per heavy atom. The Bertz CT molecular complexity index is 549. The van der Waals surface area contributed by atoms with Crippen LogP contribution in [0.15, 0.2) is 29.8 Å². The number of hydrogen-bond acceptors (Lipinski definition) is 3. The first kappa shape index (κ1) is 19.8. The summed E-state index contributed by atoms with van der Waals surface area (Å²) in [5.41, 5.74) is -0.467. The molecule has 3 unspecified atom stereocenters. The van der Waals surface area contributed by atoms with Gasteiger partial charge in [-0.15, -0.1) is 0 Å². The van der Waals surface area contributed by atoms with E-state index in [-0.39, 0.29) is 17.4 Å². The summed E-state index contributed by atoms with van der Waals surface area (Å²) in [7, 11) is 3.55. The van der Waals surface area contributed by atoms with E-state index in [1.54, 1.807) is 7.11 Å². The largest absolute Gasteiger partial charge is 0.358 e. The fraction of sp³-hybridized carbons (Fsp3) is 0.684. The molecule has 0 radical (unpaired) electrons. The molecule has 0 heterocycles. The van der Waals surface area contributed by atoms with Gasteiger partial charge in [0.25, 0.3) is 5.84 Å². The van der Waals surface area contributed by atoms with Gasteiger partial charge in [-0.3, -0.25) is 5.32 Å². The molecule has 130 valence electrons. The van der Waals surface area contributed by atoms with E-state index in [1.165, 1.54) is 0 Å². The Morgan fingerprint density at radius 2 is 1.78 bits per heavy atom. The Kier molecular flexibility index (Phi) is 5.44. The van der Waals surface area contributed by atoms with Crippen molar-refractivity contribution in [2.45, 2.75) is 58.8 Å². The van der Waals surface area contributed by atoms with E-state index in [2.05, 4.69) is 71.7 Å². The van der Waals surface area contributed by atoms with Gasteiger partial charge in [-0.25, -0.2) is 4.58 Å². The second-order valence-electron chi connectivity index (χ2n) is 7.28. The van der Waals surface area contributed by atoms with Gasteiger partial charge in [0.15, 0.2) is 11.3 Å². The Labute approximate surface area is 142 Å². The lowest BCUT2D eigenvalue weighted by atomic mass is 9.92. The minimum absolute atomic E-state index is 0.253. The molecule has 1 fully saturated rings. The number of methoxy groups -OCH3 is 1. The zero-order valence-electron chi connectivity index (χ0n) is 16.2. The van der Waals surface area contributed by atoms with Crippen LogP contribution in [0.5, 0.6) is 0 Å². The van der Waals surface area contributed by atoms with Gasteiger partial charge in [-0.05, 0) is 33.3 Å². The van der Waals surface area contributed by atoms with Gasteiger partial charge in [-0.1, -0.05) is 38.1 Å². The summed E-state index contributed by atoms with van der Waals surface area (Å²) in [5.74, 6) is 1.21. The SMILES string of the molecule is C=CC(=C)C1(C)C(NC(C)C)(OC)C1(C)[N+](=C)/C(=N\C)C(C)C. The molecule has 1 N–H and O–H groups in total. The first-order valence-corrected chi connectivity index (χ1v) is 8.23. The van der Waals surface area contributed by atoms with Crippen molar-refractivity contribution in [3.63, 3.8) is 0 Å². The molecule has 0 saturated heterocycles. The summed E-state index contributed by atoms with van der Waals surface area (Å²) in [4.78, 5) is 4.46. The molecule has 1 aliphatic carbocycles. The van der Waals surface area contributed by atoms with Crippen LogP contribution in [0.4, 0.5) is 0 Å². The summed E-state index contributed by atoms with van der Waals surface area (Å²) in [6, 6.07) is 0.253. The summed E-state index contributed by atoms with van der Waals surface area (Å²) >= 11 is 0. The zero-order chi connectivity index (χ0) is 18.2. The molecule has 0 aromatic heterocycles. The van der Waals surface area contributed by atoms with E-state index in [0.29, 0.717) is 0 Å². The number of amidine groups is 1. The molecule has 0 amide bonds. The van der Waals surface area contributed by atoms with E-state index in [0.717, 1.165) is 11.4 Å². The molecule has 1 aliphatic rings. The Morgan fingerprint density at radius 1 is 1.26 bits per heavy atom. The van der Waals surface area contributed by atoms with Crippen molar-refractivity contribution in [2.75, 3.05) is 14.2 Å². The highest BCUT2D eigenvalue weighted by Gasteiger charge is 2.89. The standard InChI is InChI=1S/C19H34N3O/c1-12-15(6)17(7)18(8,19(17,23-11)21-14(4)5)22(10)16(20-9)13(2)3/h12-14,21H,1,6,10H2,2-5,7-9,11H3/q+1/b20-16-. The molecular weight excluding hydrogens is 286 g/mol. The molecular formula is C19H34N3O+. The zero-order valence-corrected chi connectivity index (χ0v) is 16.2. The van der Waals surface area contributed by atoms with Gasteiger partial charge in [0.05, 0.1) is 18.1 Å². The lowest BCUT2D eigenvalue weighted by Crippen LogP contribution is -2.50. The van der Waals surface area contributed by atoms with Gasteiger partial charge in [0, 0.05) is 13.2 Å². The number of aliphatic imine (C=N–C) groups is 1. The average molecular weight is 321 g/mol. The second-order valence-corrected chi connectivity index (χ2v) is 7.28. The maximum Gasteiger partial charge on any atom is 0.294 e. The highest BCUT2D eigenvalue weighted by molar-refractivity contribution is 5.78. The first-order chi connectivity index (χ1) is 10.5. The van der Waals surface area contributed by atoms with E-state index in [9.17, 15) is 0 Å². The van der Waals surface area contributed by atoms with Gasteiger partial charge in [0.2, 0.25) is 0 Å². The van der Waals surface area contributed by atoms with Crippen molar-refractivity contribution < 1.29 is 9.31 Å². The van der Waals surface area contributed by atoms with Crippen LogP contribution in [-0.4, -0.2) is 48.6 Å². The third-order valence-electron chi connectivity index (χ3n) is 5.55. The highest BCUT2D eigenvalue weighted by atomic mass is 16.5. The molecule has 0 aromatic carbocycles. The van der Waals surface area contributed by atoms with E-state index < -0.39 is 11.3 Å². The maximum atomic E-state index is 6.05. The second kappa shape index (κ2) is 6.33. The van der Waals surface area contributed by atoms with Gasteiger partial charge >= 0.3 is 0 Å². The molecule has 1 rings (SSSR count). The van der Waals surface area contributed by atoms with Crippen LogP contribution in [0.25, 0.3) is 0 Å². The highest BCUT2D eigenvalue weighted by Crippen LogP contribution is 2.70. The van der Waals surface area contributed by atoms with Crippen LogP contribution >= 0.6 is 0 Å². The monoisotopic (exact) mass is 320 g/mol. The quantitative estimate of drug-likeness (QED) is 0.257. The fourth-order valence-corrected chi connectivity index (χ4v) is 4.12. The van der Waals surface area contributed by atoms with Crippen LogP contribution in [0.2, 0.25) is 0 Å². The number of nitrogens with zero attached hydrogens (tertiary/aromatic N) is 2. The van der Waals surface area contributed by atoms with E-state index in [1.807, 2.05) is 17.7 Å². The molecule has 4 heteroatoms. The molecule has 23 heavy (non-hydrogen) atoms. The molecule has 4 nitrogen and oxygen atoms in total. The number of allylic oxidation sites excluding steroid dienone is 1. The Balaban J connectivity index is 3.54. The average Bonchev–Trinajstić information content (AvgIpc) is 2.91. The fourth-order valence-electron chi connectivity index (χ4n) is 4.12. The van der Waals surface area contributed by atoms with E-state index >= 15 is 0 Å². The molecule has 1 saturated carbocycles. The first-order valence-electron chi connectivity index (χ1n) is 8.23. The maximum absolute atomic E-state index is 6.05. The van der Waals surface area contributed by atoms with Crippen molar-refractivity contribution in [3.05, 3.63) is 24.8 Å². The van der Waals surface area contributed by atoms with Crippen molar-refractivity contribution >= 4 is 12.6 Å². The van der Waals surface area contributed by atoms with Crippen LogP contribution in [0.1, 0.15) is 41.5 Å². The van der Waals surface area contributed by atoms with Gasteiger partial charge in [0.1, 0.15) is 7.05 Å². The predicted octanol–water partition coefficient (Wildman–Crippen LogP) is 3.25. The molecule has 0 bridgehead atoms.